The molecule has 0 unspecified atom stereocenters. The summed E-state index contributed by atoms with van der Waals surface area (Å²) in [4.78, 5) is 2.58. The lowest BCUT2D eigenvalue weighted by atomic mass is 9.46. The first-order chi connectivity index (χ1) is 14.9. The Hall–Kier alpha value is -3.79. The highest BCUT2D eigenvalue weighted by molar-refractivity contribution is 6.92. The fraction of sp³-hybridized carbons (Fsp3) is 0.0385. The van der Waals surface area contributed by atoms with E-state index < -0.39 is 0 Å². The van der Waals surface area contributed by atoms with Crippen LogP contribution in [-0.4, -0.2) is 11.5 Å². The highest BCUT2D eigenvalue weighted by Gasteiger charge is 2.50. The Morgan fingerprint density at radius 3 is 2.43 bits per heavy atom. The van der Waals surface area contributed by atoms with E-state index in [1.54, 1.807) is 0 Å². The van der Waals surface area contributed by atoms with Crippen LogP contribution < -0.4 is 20.5 Å². The van der Waals surface area contributed by atoms with Gasteiger partial charge in [-0.15, -0.1) is 4.68 Å². The van der Waals surface area contributed by atoms with Crippen molar-refractivity contribution in [2.24, 2.45) is 0 Å². The summed E-state index contributed by atoms with van der Waals surface area (Å²) in [5.41, 5.74) is 12.1. The van der Waals surface area contributed by atoms with E-state index >= 15 is 0 Å². The first kappa shape index (κ1) is 15.1. The lowest BCUT2D eigenvalue weighted by Gasteiger charge is -2.41. The zero-order chi connectivity index (χ0) is 19.4. The van der Waals surface area contributed by atoms with Crippen LogP contribution in [0.2, 0.25) is 0 Å². The number of fused-ring (bicyclic) bond motifs is 11. The standard InChI is InChI=1S/C26H17BN3/c1-4-12-21-18(9-1)19-10-2-6-14-23(19)29-24-15-7-8-17-16-28-22-13-5-3-11-20(22)26(27(21)29)30(28)25(17)24/h1-15H,16H2/q+1. The molecule has 0 atom stereocenters. The van der Waals surface area contributed by atoms with Crippen molar-refractivity contribution in [3.8, 4) is 16.8 Å². The number of hydrogen-bond acceptors (Lipinski definition) is 1. The third-order valence-electron chi connectivity index (χ3n) is 7.04. The van der Waals surface area contributed by atoms with Crippen molar-refractivity contribution in [3.63, 3.8) is 0 Å². The van der Waals surface area contributed by atoms with E-state index in [0.717, 1.165) is 6.54 Å². The summed E-state index contributed by atoms with van der Waals surface area (Å²) in [5, 5.41) is 1.35. The van der Waals surface area contributed by atoms with E-state index in [4.69, 9.17) is 0 Å². The first-order valence-corrected chi connectivity index (χ1v) is 10.5. The highest BCUT2D eigenvalue weighted by atomic mass is 15.4. The van der Waals surface area contributed by atoms with Crippen molar-refractivity contribution in [2.45, 2.75) is 6.54 Å². The topological polar surface area (TPSA) is 12.0 Å². The van der Waals surface area contributed by atoms with Gasteiger partial charge in [-0.05, 0) is 29.2 Å². The normalized spacial score (nSPS) is 14.4. The molecule has 4 heteroatoms. The van der Waals surface area contributed by atoms with Gasteiger partial charge in [0, 0.05) is 17.3 Å². The van der Waals surface area contributed by atoms with Gasteiger partial charge in [0.05, 0.1) is 22.2 Å². The minimum Gasteiger partial charge on any atom is -0.373 e. The lowest BCUT2D eigenvalue weighted by molar-refractivity contribution is -0.726. The number of para-hydroxylation sites is 3. The van der Waals surface area contributed by atoms with Crippen molar-refractivity contribution in [2.75, 3.05) is 4.81 Å². The van der Waals surface area contributed by atoms with Gasteiger partial charge in [-0.1, -0.05) is 71.4 Å². The number of aromatic nitrogens is 2. The predicted octanol–water partition coefficient (Wildman–Crippen LogP) is 3.52. The summed E-state index contributed by atoms with van der Waals surface area (Å²) < 4.78 is 4.96. The van der Waals surface area contributed by atoms with Crippen molar-refractivity contribution in [1.82, 2.24) is 4.68 Å². The Balaban J connectivity index is 1.61. The van der Waals surface area contributed by atoms with E-state index in [1.165, 1.54) is 55.7 Å². The average Bonchev–Trinajstić information content (AvgIpc) is 3.34. The van der Waals surface area contributed by atoms with Gasteiger partial charge in [0.1, 0.15) is 5.69 Å². The maximum Gasteiger partial charge on any atom is 0.355 e. The summed E-state index contributed by atoms with van der Waals surface area (Å²) >= 11 is 0. The summed E-state index contributed by atoms with van der Waals surface area (Å²) in [6.07, 6.45) is 0. The van der Waals surface area contributed by atoms with Gasteiger partial charge in [-0.25, -0.2) is 0 Å². The van der Waals surface area contributed by atoms with Gasteiger partial charge in [0.2, 0.25) is 12.1 Å². The molecule has 0 aliphatic carbocycles. The number of rotatable bonds is 0. The fourth-order valence-corrected chi connectivity index (χ4v) is 5.94. The first-order valence-electron chi connectivity index (χ1n) is 10.5. The van der Waals surface area contributed by atoms with E-state index in [-0.39, 0.29) is 6.85 Å². The van der Waals surface area contributed by atoms with Crippen molar-refractivity contribution in [3.05, 3.63) is 96.6 Å². The molecule has 30 heavy (non-hydrogen) atoms. The number of nitrogens with zero attached hydrogens (tertiary/aromatic N) is 3. The third kappa shape index (κ3) is 1.57. The maximum atomic E-state index is 2.58. The molecule has 0 amide bonds. The molecule has 1 aromatic heterocycles. The molecule has 0 bridgehead atoms. The van der Waals surface area contributed by atoms with Crippen molar-refractivity contribution >= 4 is 40.2 Å². The molecule has 0 N–H and O–H groups in total. The summed E-state index contributed by atoms with van der Waals surface area (Å²) in [7, 11) is 0. The van der Waals surface area contributed by atoms with E-state index in [1.807, 2.05) is 0 Å². The monoisotopic (exact) mass is 382 g/mol. The second-order valence-corrected chi connectivity index (χ2v) is 8.43. The van der Waals surface area contributed by atoms with Crippen LogP contribution in [0.4, 0.5) is 11.4 Å². The Bertz CT molecular complexity index is 1550. The zero-order valence-electron chi connectivity index (χ0n) is 16.3. The molecule has 138 valence electrons. The Morgan fingerprint density at radius 2 is 1.47 bits per heavy atom. The van der Waals surface area contributed by atoms with Crippen LogP contribution in [0, 0.1) is 0 Å². The molecular weight excluding hydrogens is 365 g/mol. The molecule has 4 aromatic carbocycles. The molecule has 5 aromatic rings. The van der Waals surface area contributed by atoms with E-state index in [9.17, 15) is 0 Å². The number of benzene rings is 4. The van der Waals surface area contributed by atoms with E-state index in [0.29, 0.717) is 0 Å². The summed E-state index contributed by atoms with van der Waals surface area (Å²) in [6, 6.07) is 33.5. The van der Waals surface area contributed by atoms with Crippen molar-refractivity contribution < 1.29 is 4.68 Å². The average molecular weight is 382 g/mol. The minimum atomic E-state index is 0.156. The minimum absolute atomic E-state index is 0.156. The van der Waals surface area contributed by atoms with Crippen LogP contribution in [0.25, 0.3) is 27.7 Å². The van der Waals surface area contributed by atoms with Gasteiger partial charge in [-0.2, -0.15) is 0 Å². The summed E-state index contributed by atoms with van der Waals surface area (Å²) in [6.45, 7) is 1.08. The van der Waals surface area contributed by atoms with Crippen LogP contribution in [0.15, 0.2) is 91.0 Å². The fourth-order valence-electron chi connectivity index (χ4n) is 5.94. The van der Waals surface area contributed by atoms with Crippen LogP contribution in [0.1, 0.15) is 5.56 Å². The smallest absolute Gasteiger partial charge is 0.355 e. The molecule has 3 aliphatic heterocycles. The van der Waals surface area contributed by atoms with Crippen LogP contribution in [-0.2, 0) is 6.54 Å². The number of anilines is 2. The molecule has 0 saturated heterocycles. The molecule has 3 nitrogen and oxygen atoms in total. The Morgan fingerprint density at radius 1 is 0.700 bits per heavy atom. The largest absolute Gasteiger partial charge is 0.373 e. The van der Waals surface area contributed by atoms with Crippen LogP contribution in [0.3, 0.4) is 0 Å². The van der Waals surface area contributed by atoms with Crippen molar-refractivity contribution in [1.29, 1.82) is 0 Å². The second-order valence-electron chi connectivity index (χ2n) is 8.43. The lowest BCUT2D eigenvalue weighted by Crippen LogP contribution is -2.63. The highest BCUT2D eigenvalue weighted by Crippen LogP contribution is 2.45. The molecule has 8 rings (SSSR count). The molecule has 4 heterocycles. The van der Waals surface area contributed by atoms with Crippen LogP contribution in [0.5, 0.6) is 0 Å². The predicted molar refractivity (Wildman–Crippen MR) is 122 cm³/mol. The van der Waals surface area contributed by atoms with E-state index in [2.05, 4.69) is 105 Å². The van der Waals surface area contributed by atoms with Gasteiger partial charge >= 0.3 is 6.85 Å². The molecule has 0 radical (unpaired) electrons. The quantitative estimate of drug-likeness (QED) is 0.289. The van der Waals surface area contributed by atoms with Crippen LogP contribution >= 0.6 is 0 Å². The molecule has 3 aliphatic rings. The Kier molecular flexibility index (Phi) is 2.53. The molecule has 0 fully saturated rings. The molecule has 0 saturated carbocycles. The molecular formula is C26H17BN3+. The molecule has 0 spiro atoms. The summed E-state index contributed by atoms with van der Waals surface area (Å²) in [5.74, 6) is 0. The van der Waals surface area contributed by atoms with Gasteiger partial charge in [0.15, 0.2) is 0 Å². The third-order valence-corrected chi connectivity index (χ3v) is 7.04. The zero-order valence-corrected chi connectivity index (χ0v) is 16.3. The van der Waals surface area contributed by atoms with Gasteiger partial charge < -0.3 is 4.81 Å². The SMILES string of the molecule is c1ccc2c(c1)B1c3c4ccccc4[n+]4n3-c3c(cccc3N1c1ccccc1-2)C4. The van der Waals surface area contributed by atoms with Gasteiger partial charge in [0.25, 0.3) is 0 Å². The second kappa shape index (κ2) is 5.03. The van der Waals surface area contributed by atoms with Gasteiger partial charge in [-0.3, -0.25) is 0 Å². The maximum absolute atomic E-state index is 2.58. The Labute approximate surface area is 174 Å². The number of hydrogen-bond donors (Lipinski definition) is 0.